The fraction of sp³-hybridized carbons (Fsp3) is 0.138. The number of nitrogens with two attached hydrogens (primary N) is 1. The summed E-state index contributed by atoms with van der Waals surface area (Å²) in [6.45, 7) is 3.84. The van der Waals surface area contributed by atoms with E-state index in [-0.39, 0.29) is 0 Å². The smallest absolute Gasteiger partial charge is 0.240 e. The Morgan fingerprint density at radius 1 is 1.06 bits per heavy atom. The van der Waals surface area contributed by atoms with Crippen molar-refractivity contribution in [2.75, 3.05) is 0 Å². The molecule has 1 fully saturated rings. The molecule has 1 heterocycles. The first-order valence-corrected chi connectivity index (χ1v) is 15.9. The van der Waals surface area contributed by atoms with Crippen molar-refractivity contribution >= 4 is 56.5 Å². The number of allylic oxidation sites excluding steroid dienone is 2. The van der Waals surface area contributed by atoms with Crippen LogP contribution in [0.2, 0.25) is 0 Å². The number of aromatic nitrogens is 2. The van der Waals surface area contributed by atoms with Gasteiger partial charge in [0, 0.05) is 5.70 Å². The number of rotatable bonds is 8. The molecular weight excluding hydrogens is 581 g/mol. The molecule has 0 bridgehead atoms. The molecule has 0 saturated heterocycles. The van der Waals surface area contributed by atoms with Crippen molar-refractivity contribution in [3.8, 4) is 0 Å². The Morgan fingerprint density at radius 3 is 2.42 bits per heavy atom. The zero-order valence-corrected chi connectivity index (χ0v) is 22.9. The van der Waals surface area contributed by atoms with Crippen LogP contribution in [0.15, 0.2) is 91.1 Å². The van der Waals surface area contributed by atoms with Crippen molar-refractivity contribution < 1.29 is 4.39 Å². The van der Waals surface area contributed by atoms with Gasteiger partial charge in [-0.2, -0.15) is 4.39 Å². The van der Waals surface area contributed by atoms with Gasteiger partial charge in [0.05, 0.1) is 17.3 Å². The second kappa shape index (κ2) is 11.1. The average molecular weight is 608 g/mol. The Kier molecular flexibility index (Phi) is 7.65. The quantitative estimate of drug-likeness (QED) is 0.0538. The minimum Gasteiger partial charge on any atom is -0.325 e. The van der Waals surface area contributed by atoms with Gasteiger partial charge in [-0.15, -0.1) is 5.10 Å². The van der Waals surface area contributed by atoms with Gasteiger partial charge < -0.3 is 5.43 Å². The lowest BCUT2D eigenvalue weighted by Gasteiger charge is -2.31. The highest BCUT2D eigenvalue weighted by atomic mass is 127. The monoisotopic (exact) mass is 608 g/mol. The van der Waals surface area contributed by atoms with Crippen molar-refractivity contribution in [3.63, 3.8) is 0 Å². The molecule has 0 aliphatic heterocycles. The van der Waals surface area contributed by atoms with E-state index in [1.807, 2.05) is 30.4 Å². The maximum atomic E-state index is 14.9. The highest BCUT2D eigenvalue weighted by Crippen LogP contribution is 2.45. The maximum absolute atomic E-state index is 14.9. The Morgan fingerprint density at radius 2 is 1.78 bits per heavy atom. The van der Waals surface area contributed by atoms with Crippen LogP contribution >= 0.6 is 28.4 Å². The third-order valence-corrected chi connectivity index (χ3v) is 8.60. The minimum absolute atomic E-state index is 0.342. The molecule has 1 aliphatic carbocycles. The predicted octanol–water partition coefficient (Wildman–Crippen LogP) is 7.72. The second-order valence-electron chi connectivity index (χ2n) is 8.93. The molecule has 1 aromatic heterocycles. The Bertz CT molecular complexity index is 1450. The van der Waals surface area contributed by atoms with Gasteiger partial charge in [0.2, 0.25) is 5.95 Å². The van der Waals surface area contributed by atoms with Gasteiger partial charge in [-0.1, -0.05) is 79.7 Å². The Labute approximate surface area is 225 Å². The average Bonchev–Trinajstić information content (AvgIpc) is 3.22. The normalized spacial score (nSPS) is 15.0. The van der Waals surface area contributed by atoms with E-state index in [4.69, 9.17) is 5.84 Å². The largest absolute Gasteiger partial charge is 0.325 e. The summed E-state index contributed by atoms with van der Waals surface area (Å²) in [4.78, 5) is 0. The van der Waals surface area contributed by atoms with Crippen LogP contribution < -0.4 is 11.3 Å². The number of hydrogen-bond acceptors (Lipinski definition) is 3. The summed E-state index contributed by atoms with van der Waals surface area (Å²) in [5.41, 5.74) is 10.9. The lowest BCUT2D eigenvalue weighted by Crippen LogP contribution is -2.18. The van der Waals surface area contributed by atoms with Crippen molar-refractivity contribution in [2.45, 2.75) is 19.3 Å². The zero-order valence-electron chi connectivity index (χ0n) is 19.7. The molecule has 1 atom stereocenters. The topological polar surface area (TPSA) is 55.9 Å². The molecule has 5 rings (SSSR count). The van der Waals surface area contributed by atoms with Crippen LogP contribution in [0.5, 0.6) is 0 Å². The van der Waals surface area contributed by atoms with Gasteiger partial charge >= 0.3 is 0 Å². The molecule has 36 heavy (non-hydrogen) atoms. The summed E-state index contributed by atoms with van der Waals surface area (Å²) >= 11 is 2.23. The lowest BCUT2D eigenvalue weighted by molar-refractivity contribution is 0.401. The van der Waals surface area contributed by atoms with Crippen LogP contribution in [0, 0.1) is 11.9 Å². The van der Waals surface area contributed by atoms with Crippen molar-refractivity contribution in [2.24, 2.45) is 11.8 Å². The first-order valence-electron chi connectivity index (χ1n) is 11.9. The number of benzene rings is 3. The maximum Gasteiger partial charge on any atom is 0.240 e. The number of nitrogens with zero attached hydrogens (tertiary/aromatic N) is 2. The fourth-order valence-electron chi connectivity index (χ4n) is 4.68. The van der Waals surface area contributed by atoms with E-state index in [1.54, 1.807) is 4.45 Å². The van der Waals surface area contributed by atoms with Gasteiger partial charge in [-0.05, 0) is 92.4 Å². The zero-order chi connectivity index (χ0) is 25.1. The number of fused-ring (bicyclic) bond motifs is 1. The molecule has 1 unspecified atom stereocenters. The molecule has 4 nitrogen and oxygen atoms in total. The highest BCUT2D eigenvalue weighted by Gasteiger charge is 2.27. The molecule has 7 heteroatoms. The summed E-state index contributed by atoms with van der Waals surface area (Å²) in [5.74, 6) is 5.47. The molecule has 0 amide bonds. The van der Waals surface area contributed by atoms with Crippen molar-refractivity contribution in [1.82, 2.24) is 15.0 Å². The van der Waals surface area contributed by atoms with Crippen molar-refractivity contribution in [1.29, 1.82) is 0 Å². The summed E-state index contributed by atoms with van der Waals surface area (Å²) in [6, 6.07) is 25.1. The van der Waals surface area contributed by atoms with E-state index in [0.717, 1.165) is 40.6 Å². The lowest BCUT2D eigenvalue weighted by atomic mass is 9.73. The van der Waals surface area contributed by atoms with E-state index in [1.165, 1.54) is 17.6 Å². The van der Waals surface area contributed by atoms with E-state index in [0.29, 0.717) is 23.4 Å². The summed E-state index contributed by atoms with van der Waals surface area (Å²) < 4.78 is 16.6. The summed E-state index contributed by atoms with van der Waals surface area (Å²) in [7, 11) is 0. The van der Waals surface area contributed by atoms with E-state index in [2.05, 4.69) is 93.7 Å². The van der Waals surface area contributed by atoms with Crippen LogP contribution in [0.1, 0.15) is 41.5 Å². The van der Waals surface area contributed by atoms with Gasteiger partial charge in [0.15, 0.2) is 0 Å². The third-order valence-electron chi connectivity index (χ3n) is 6.73. The second-order valence-corrected chi connectivity index (χ2v) is 11.0. The molecule has 182 valence electrons. The molecule has 4 aromatic rings. The van der Waals surface area contributed by atoms with Gasteiger partial charge in [-0.3, -0.25) is 5.84 Å². The number of halogens is 2. The standard InChI is InChI=1S/C29H27FIN4P/c1-19(33-32)10-11-20-12-14-23(15-13-20)28(27(22-8-5-9-22)21-6-3-2-4-7-21)24-16-17-26-25(18-24)29(30)34-35(26)36-31/h2-4,6-7,10-18,22,33,36H,1,5,8-9,32H2/b11-10+,28-27-. The molecule has 3 aromatic carbocycles. The molecule has 3 N–H and O–H groups in total. The molecule has 1 aliphatic rings. The Hall–Kier alpha value is -2.80. The van der Waals surface area contributed by atoms with E-state index in [9.17, 15) is 4.39 Å². The summed E-state index contributed by atoms with van der Waals surface area (Å²) in [6.07, 6.45) is 7.71. The van der Waals surface area contributed by atoms with E-state index < -0.39 is 5.95 Å². The first kappa shape index (κ1) is 24.9. The SMILES string of the molecule is C=C(/C=C/c1ccc(/C(=C(\c2ccccc2)C2CCC2)c2ccc3c(c2)c(F)nn3PI)cc1)NN. The molecule has 1 saturated carbocycles. The van der Waals surface area contributed by atoms with Crippen LogP contribution in [0.25, 0.3) is 28.1 Å². The van der Waals surface area contributed by atoms with Crippen LogP contribution in [0.3, 0.4) is 0 Å². The number of hydrazine groups is 1. The van der Waals surface area contributed by atoms with E-state index >= 15 is 0 Å². The fourth-order valence-corrected chi connectivity index (χ4v) is 6.20. The molecular formula is C29H27FIN4P. The predicted molar refractivity (Wildman–Crippen MR) is 159 cm³/mol. The first-order chi connectivity index (χ1) is 17.6. The van der Waals surface area contributed by atoms with Gasteiger partial charge in [0.1, 0.15) is 0 Å². The number of hydrogen-bond donors (Lipinski definition) is 2. The van der Waals surface area contributed by atoms with Crippen LogP contribution in [-0.4, -0.2) is 9.55 Å². The molecule has 0 spiro atoms. The Balaban J connectivity index is 1.71. The molecule has 0 radical (unpaired) electrons. The van der Waals surface area contributed by atoms with Gasteiger partial charge in [-0.25, -0.2) is 4.45 Å². The summed E-state index contributed by atoms with van der Waals surface area (Å²) in [5, 5.41) is 4.67. The third kappa shape index (κ3) is 5.03. The van der Waals surface area contributed by atoms with Gasteiger partial charge in [0.25, 0.3) is 0 Å². The minimum atomic E-state index is -0.422. The highest BCUT2D eigenvalue weighted by molar-refractivity contribution is 14.2. The van der Waals surface area contributed by atoms with Crippen molar-refractivity contribution in [3.05, 3.63) is 119 Å². The van der Waals surface area contributed by atoms with Crippen LogP contribution in [0.4, 0.5) is 4.39 Å². The number of nitrogens with one attached hydrogen (secondary N) is 1. The van der Waals surface area contributed by atoms with Crippen LogP contribution in [-0.2, 0) is 0 Å².